The third kappa shape index (κ3) is 3.06. The Balaban J connectivity index is 2.76. The standard InChI is InChI=1S/C12H17NO2/c1-3-4-11(13)9-5-7-10(8-6-9)12(14)15-2/h5-8,11H,3-4,13H2,1-2H3. The van der Waals surface area contributed by atoms with Gasteiger partial charge in [-0.2, -0.15) is 0 Å². The lowest BCUT2D eigenvalue weighted by molar-refractivity contribution is 0.0600. The summed E-state index contributed by atoms with van der Waals surface area (Å²) in [5.41, 5.74) is 7.57. The molecule has 1 aromatic rings. The average Bonchev–Trinajstić information content (AvgIpc) is 2.28. The molecule has 0 aromatic heterocycles. The van der Waals surface area contributed by atoms with E-state index in [1.165, 1.54) is 7.11 Å². The molecule has 0 radical (unpaired) electrons. The van der Waals surface area contributed by atoms with E-state index in [4.69, 9.17) is 5.73 Å². The van der Waals surface area contributed by atoms with Gasteiger partial charge in [0.2, 0.25) is 0 Å². The quantitative estimate of drug-likeness (QED) is 0.770. The molecule has 0 amide bonds. The molecule has 3 nitrogen and oxygen atoms in total. The molecule has 82 valence electrons. The fourth-order valence-electron chi connectivity index (χ4n) is 1.46. The lowest BCUT2D eigenvalue weighted by Crippen LogP contribution is -2.10. The Morgan fingerprint density at radius 1 is 1.40 bits per heavy atom. The van der Waals surface area contributed by atoms with Crippen molar-refractivity contribution in [3.63, 3.8) is 0 Å². The predicted molar refractivity (Wildman–Crippen MR) is 59.6 cm³/mol. The number of carbonyl (C=O) groups is 1. The van der Waals surface area contributed by atoms with Crippen LogP contribution in [0.4, 0.5) is 0 Å². The van der Waals surface area contributed by atoms with Crippen molar-refractivity contribution in [2.75, 3.05) is 7.11 Å². The first-order valence-corrected chi connectivity index (χ1v) is 5.13. The topological polar surface area (TPSA) is 52.3 Å². The van der Waals surface area contributed by atoms with E-state index in [2.05, 4.69) is 11.7 Å². The molecule has 1 unspecified atom stereocenters. The van der Waals surface area contributed by atoms with Crippen molar-refractivity contribution in [3.8, 4) is 0 Å². The maximum atomic E-state index is 11.2. The van der Waals surface area contributed by atoms with Crippen LogP contribution in [0.3, 0.4) is 0 Å². The lowest BCUT2D eigenvalue weighted by Gasteiger charge is -2.10. The van der Waals surface area contributed by atoms with Crippen LogP contribution < -0.4 is 5.73 Å². The van der Waals surface area contributed by atoms with E-state index in [1.807, 2.05) is 12.1 Å². The smallest absolute Gasteiger partial charge is 0.337 e. The highest BCUT2D eigenvalue weighted by molar-refractivity contribution is 5.89. The molecular formula is C12H17NO2. The highest BCUT2D eigenvalue weighted by atomic mass is 16.5. The molecule has 1 rings (SSSR count). The molecule has 0 saturated heterocycles. The van der Waals surface area contributed by atoms with E-state index in [9.17, 15) is 4.79 Å². The zero-order chi connectivity index (χ0) is 11.3. The molecule has 0 heterocycles. The maximum Gasteiger partial charge on any atom is 0.337 e. The zero-order valence-corrected chi connectivity index (χ0v) is 9.19. The molecule has 0 bridgehead atoms. The fourth-order valence-corrected chi connectivity index (χ4v) is 1.46. The van der Waals surface area contributed by atoms with E-state index in [1.54, 1.807) is 12.1 Å². The summed E-state index contributed by atoms with van der Waals surface area (Å²) in [6.07, 6.45) is 2.01. The summed E-state index contributed by atoms with van der Waals surface area (Å²) in [6.45, 7) is 2.10. The van der Waals surface area contributed by atoms with E-state index in [0.717, 1.165) is 18.4 Å². The van der Waals surface area contributed by atoms with Gasteiger partial charge in [0.05, 0.1) is 12.7 Å². The normalized spacial score (nSPS) is 12.2. The van der Waals surface area contributed by atoms with E-state index in [-0.39, 0.29) is 12.0 Å². The second-order valence-corrected chi connectivity index (χ2v) is 3.51. The van der Waals surface area contributed by atoms with Crippen LogP contribution in [0.2, 0.25) is 0 Å². The first-order valence-electron chi connectivity index (χ1n) is 5.13. The van der Waals surface area contributed by atoms with E-state index in [0.29, 0.717) is 5.56 Å². The van der Waals surface area contributed by atoms with Crippen LogP contribution in [0.1, 0.15) is 41.7 Å². The van der Waals surface area contributed by atoms with Gasteiger partial charge >= 0.3 is 5.97 Å². The first kappa shape index (κ1) is 11.7. The van der Waals surface area contributed by atoms with Gasteiger partial charge in [-0.05, 0) is 24.1 Å². The summed E-state index contributed by atoms with van der Waals surface area (Å²) in [7, 11) is 1.37. The van der Waals surface area contributed by atoms with Crippen LogP contribution in [0, 0.1) is 0 Å². The molecule has 1 aromatic carbocycles. The lowest BCUT2D eigenvalue weighted by atomic mass is 10.0. The monoisotopic (exact) mass is 207 g/mol. The van der Waals surface area contributed by atoms with Crippen LogP contribution in [0.25, 0.3) is 0 Å². The number of benzene rings is 1. The predicted octanol–water partition coefficient (Wildman–Crippen LogP) is 2.27. The van der Waals surface area contributed by atoms with Gasteiger partial charge in [-0.15, -0.1) is 0 Å². The summed E-state index contributed by atoms with van der Waals surface area (Å²) in [6, 6.07) is 7.31. The van der Waals surface area contributed by atoms with Crippen LogP contribution in [-0.2, 0) is 4.74 Å². The van der Waals surface area contributed by atoms with Crippen molar-refractivity contribution in [2.45, 2.75) is 25.8 Å². The van der Waals surface area contributed by atoms with Crippen LogP contribution in [-0.4, -0.2) is 13.1 Å². The van der Waals surface area contributed by atoms with Crippen LogP contribution in [0.15, 0.2) is 24.3 Å². The minimum Gasteiger partial charge on any atom is -0.465 e. The molecule has 15 heavy (non-hydrogen) atoms. The van der Waals surface area contributed by atoms with Crippen molar-refractivity contribution in [3.05, 3.63) is 35.4 Å². The first-order chi connectivity index (χ1) is 7.19. The van der Waals surface area contributed by atoms with Gasteiger partial charge < -0.3 is 10.5 Å². The minimum absolute atomic E-state index is 0.0571. The minimum atomic E-state index is -0.314. The molecular weight excluding hydrogens is 190 g/mol. The second-order valence-electron chi connectivity index (χ2n) is 3.51. The van der Waals surface area contributed by atoms with Crippen LogP contribution >= 0.6 is 0 Å². The number of carbonyl (C=O) groups excluding carboxylic acids is 1. The molecule has 0 spiro atoms. The van der Waals surface area contributed by atoms with Crippen molar-refractivity contribution in [2.24, 2.45) is 5.73 Å². The Kier molecular flexibility index (Phi) is 4.31. The van der Waals surface area contributed by atoms with Crippen molar-refractivity contribution in [1.29, 1.82) is 0 Å². The van der Waals surface area contributed by atoms with Gasteiger partial charge in [0, 0.05) is 6.04 Å². The Bertz CT molecular complexity index is 319. The molecule has 2 N–H and O–H groups in total. The Hall–Kier alpha value is -1.35. The number of hydrogen-bond acceptors (Lipinski definition) is 3. The van der Waals surface area contributed by atoms with Gasteiger partial charge in [0.1, 0.15) is 0 Å². The van der Waals surface area contributed by atoms with Crippen molar-refractivity contribution in [1.82, 2.24) is 0 Å². The summed E-state index contributed by atoms with van der Waals surface area (Å²) in [5.74, 6) is -0.314. The van der Waals surface area contributed by atoms with E-state index >= 15 is 0 Å². The summed E-state index contributed by atoms with van der Waals surface area (Å²) in [5, 5.41) is 0. The number of methoxy groups -OCH3 is 1. The zero-order valence-electron chi connectivity index (χ0n) is 9.19. The molecule has 0 saturated carbocycles. The van der Waals surface area contributed by atoms with Gasteiger partial charge in [-0.25, -0.2) is 4.79 Å². The molecule has 1 atom stereocenters. The molecule has 3 heteroatoms. The summed E-state index contributed by atoms with van der Waals surface area (Å²) in [4.78, 5) is 11.2. The molecule has 0 aliphatic heterocycles. The highest BCUT2D eigenvalue weighted by Crippen LogP contribution is 2.16. The SMILES string of the molecule is CCCC(N)c1ccc(C(=O)OC)cc1. The third-order valence-electron chi connectivity index (χ3n) is 2.36. The van der Waals surface area contributed by atoms with Crippen molar-refractivity contribution < 1.29 is 9.53 Å². The van der Waals surface area contributed by atoms with Gasteiger partial charge in [-0.1, -0.05) is 25.5 Å². The Labute approximate surface area is 90.2 Å². The molecule has 0 aliphatic rings. The summed E-state index contributed by atoms with van der Waals surface area (Å²) < 4.78 is 4.61. The molecule has 0 aliphatic carbocycles. The number of hydrogen-bond donors (Lipinski definition) is 1. The Morgan fingerprint density at radius 3 is 2.47 bits per heavy atom. The number of nitrogens with two attached hydrogens (primary N) is 1. The molecule has 0 fully saturated rings. The largest absolute Gasteiger partial charge is 0.465 e. The van der Waals surface area contributed by atoms with Crippen molar-refractivity contribution >= 4 is 5.97 Å². The average molecular weight is 207 g/mol. The Morgan fingerprint density at radius 2 is 2.00 bits per heavy atom. The van der Waals surface area contributed by atoms with Gasteiger partial charge in [0.25, 0.3) is 0 Å². The number of ether oxygens (including phenoxy) is 1. The maximum absolute atomic E-state index is 11.2. The number of rotatable bonds is 4. The van der Waals surface area contributed by atoms with Gasteiger partial charge in [-0.3, -0.25) is 0 Å². The fraction of sp³-hybridized carbons (Fsp3) is 0.417. The summed E-state index contributed by atoms with van der Waals surface area (Å²) >= 11 is 0. The highest BCUT2D eigenvalue weighted by Gasteiger charge is 2.07. The second kappa shape index (κ2) is 5.51. The third-order valence-corrected chi connectivity index (χ3v) is 2.36. The van der Waals surface area contributed by atoms with Gasteiger partial charge in [0.15, 0.2) is 0 Å². The van der Waals surface area contributed by atoms with Crippen LogP contribution in [0.5, 0.6) is 0 Å². The van der Waals surface area contributed by atoms with E-state index < -0.39 is 0 Å². The number of esters is 1.